The Balaban J connectivity index is 1.32. The number of benzene rings is 3. The fourth-order valence-corrected chi connectivity index (χ4v) is 5.14. The number of rotatable bonds is 9. The third-order valence-corrected chi connectivity index (χ3v) is 7.52. The van der Waals surface area contributed by atoms with Crippen molar-refractivity contribution in [1.29, 1.82) is 0 Å². The molecule has 2 aliphatic heterocycles. The minimum atomic E-state index is -0.410. The molecule has 0 saturated carbocycles. The van der Waals surface area contributed by atoms with Gasteiger partial charge in [-0.1, -0.05) is 48.5 Å². The lowest BCUT2D eigenvalue weighted by Crippen LogP contribution is -2.44. The summed E-state index contributed by atoms with van der Waals surface area (Å²) in [7, 11) is 1.87. The van der Waals surface area contributed by atoms with E-state index in [0.29, 0.717) is 17.7 Å². The van der Waals surface area contributed by atoms with Crippen LogP contribution in [0.15, 0.2) is 72.3 Å². The van der Waals surface area contributed by atoms with E-state index in [1.54, 1.807) is 12.1 Å². The van der Waals surface area contributed by atoms with Crippen LogP contribution in [0.4, 0.5) is 0 Å². The number of carbonyl (C=O) groups is 2. The first-order chi connectivity index (χ1) is 19.6. The number of ether oxygens (including phenoxy) is 2. The molecule has 2 fully saturated rings. The summed E-state index contributed by atoms with van der Waals surface area (Å²) in [6.07, 6.45) is 6.04. The van der Waals surface area contributed by atoms with Crippen LogP contribution in [0.2, 0.25) is 0 Å². The summed E-state index contributed by atoms with van der Waals surface area (Å²) in [4.78, 5) is 33.5. The Hall–Kier alpha value is -3.72. The van der Waals surface area contributed by atoms with E-state index >= 15 is 0 Å². The quantitative estimate of drug-likeness (QED) is 0.301. The summed E-state index contributed by atoms with van der Waals surface area (Å²) >= 11 is 0. The van der Waals surface area contributed by atoms with E-state index in [-0.39, 0.29) is 24.5 Å². The number of piperidine rings is 1. The van der Waals surface area contributed by atoms with Crippen LogP contribution in [0, 0.1) is 0 Å². The van der Waals surface area contributed by atoms with E-state index in [9.17, 15) is 9.59 Å². The van der Waals surface area contributed by atoms with Gasteiger partial charge >= 0.3 is 0 Å². The van der Waals surface area contributed by atoms with Gasteiger partial charge in [0.2, 0.25) is 0 Å². The molecular formula is C32H37N3O5. The summed E-state index contributed by atoms with van der Waals surface area (Å²) in [5.41, 5.74) is 4.29. The van der Waals surface area contributed by atoms with Crippen molar-refractivity contribution >= 4 is 28.7 Å². The number of carbonyl (C=O) groups excluding carboxylic acids is 2. The summed E-state index contributed by atoms with van der Waals surface area (Å²) in [5.74, 6) is 0.330. The van der Waals surface area contributed by atoms with Crippen LogP contribution in [0.5, 0.6) is 5.75 Å². The number of hydroxylamine groups is 1. The summed E-state index contributed by atoms with van der Waals surface area (Å²) in [6, 6.07) is 21.2. The number of nitrogens with one attached hydrogen (secondary N) is 2. The third kappa shape index (κ3) is 7.07. The lowest BCUT2D eigenvalue weighted by atomic mass is 10.0. The molecule has 0 bridgehead atoms. The van der Waals surface area contributed by atoms with Gasteiger partial charge in [-0.25, -0.2) is 10.3 Å². The molecule has 3 aromatic rings. The Morgan fingerprint density at radius 1 is 1.00 bits per heavy atom. The predicted octanol–water partition coefficient (Wildman–Crippen LogP) is 4.70. The molecule has 40 heavy (non-hydrogen) atoms. The third-order valence-electron chi connectivity index (χ3n) is 7.52. The molecule has 0 spiro atoms. The molecule has 1 unspecified atom stereocenters. The standard InChI is InChI=1S/C32H37N3O5/c1-35(27-16-18-33-19-17-27)32(37)26(22-39-29-10-6-8-24-7-2-3-9-28(24)29)21-23-12-14-25(15-13-23)31(36)34-40-30-11-4-5-20-38-30/h2-3,6-10,12-15,21,27,30,33H,4-5,11,16-20,22H2,1H3,(H,34,36)/b26-21+. The van der Waals surface area contributed by atoms with Crippen molar-refractivity contribution in [3.05, 3.63) is 83.4 Å². The average Bonchev–Trinajstić information content (AvgIpc) is 3.02. The Labute approximate surface area is 235 Å². The number of hydrogen-bond donors (Lipinski definition) is 2. The van der Waals surface area contributed by atoms with Gasteiger partial charge < -0.3 is 19.7 Å². The maximum Gasteiger partial charge on any atom is 0.274 e. The van der Waals surface area contributed by atoms with Gasteiger partial charge in [0.15, 0.2) is 6.29 Å². The average molecular weight is 544 g/mol. The van der Waals surface area contributed by atoms with Gasteiger partial charge in [0.25, 0.3) is 11.8 Å². The highest BCUT2D eigenvalue weighted by Gasteiger charge is 2.25. The molecule has 3 aromatic carbocycles. The topological polar surface area (TPSA) is 89.1 Å². The first kappa shape index (κ1) is 27.8. The first-order valence-electron chi connectivity index (χ1n) is 14.0. The maximum absolute atomic E-state index is 13.7. The van der Waals surface area contributed by atoms with E-state index in [4.69, 9.17) is 14.3 Å². The Morgan fingerprint density at radius 2 is 1.77 bits per heavy atom. The molecular weight excluding hydrogens is 506 g/mol. The smallest absolute Gasteiger partial charge is 0.274 e. The van der Waals surface area contributed by atoms with Gasteiger partial charge in [0, 0.05) is 37.1 Å². The summed E-state index contributed by atoms with van der Waals surface area (Å²) in [6.45, 7) is 2.56. The van der Waals surface area contributed by atoms with Crippen LogP contribution in [0.3, 0.4) is 0 Å². The molecule has 210 valence electrons. The maximum atomic E-state index is 13.7. The molecule has 5 rings (SSSR count). The van der Waals surface area contributed by atoms with Gasteiger partial charge in [-0.2, -0.15) is 0 Å². The van der Waals surface area contributed by atoms with Crippen molar-refractivity contribution in [2.75, 3.05) is 33.4 Å². The Bertz CT molecular complexity index is 1320. The molecule has 8 nitrogen and oxygen atoms in total. The fourth-order valence-electron chi connectivity index (χ4n) is 5.14. The van der Waals surface area contributed by atoms with Crippen molar-refractivity contribution in [2.24, 2.45) is 0 Å². The molecule has 1 atom stereocenters. The Kier molecular flexibility index (Phi) is 9.44. The second kappa shape index (κ2) is 13.6. The molecule has 2 amide bonds. The molecule has 0 radical (unpaired) electrons. The number of nitrogens with zero attached hydrogens (tertiary/aromatic N) is 1. The van der Waals surface area contributed by atoms with Crippen LogP contribution in [0.25, 0.3) is 16.8 Å². The highest BCUT2D eigenvalue weighted by atomic mass is 16.8. The molecule has 2 saturated heterocycles. The zero-order chi connectivity index (χ0) is 27.7. The number of hydrogen-bond acceptors (Lipinski definition) is 6. The van der Waals surface area contributed by atoms with Crippen molar-refractivity contribution in [3.8, 4) is 5.75 Å². The molecule has 2 aliphatic rings. The highest BCUT2D eigenvalue weighted by Crippen LogP contribution is 2.26. The second-order valence-electron chi connectivity index (χ2n) is 10.3. The number of amides is 2. The molecule has 0 aliphatic carbocycles. The monoisotopic (exact) mass is 543 g/mol. The zero-order valence-corrected chi connectivity index (χ0v) is 22.9. The van der Waals surface area contributed by atoms with Crippen molar-refractivity contribution < 1.29 is 23.9 Å². The molecule has 2 N–H and O–H groups in total. The second-order valence-corrected chi connectivity index (χ2v) is 10.3. The predicted molar refractivity (Wildman–Crippen MR) is 155 cm³/mol. The van der Waals surface area contributed by atoms with Gasteiger partial charge in [-0.15, -0.1) is 0 Å². The van der Waals surface area contributed by atoms with E-state index in [2.05, 4.69) is 10.8 Å². The number of likely N-dealkylation sites (N-methyl/N-ethyl adjacent to an activating group) is 1. The van der Waals surface area contributed by atoms with Crippen LogP contribution < -0.4 is 15.5 Å². The lowest BCUT2D eigenvalue weighted by molar-refractivity contribution is -0.186. The summed E-state index contributed by atoms with van der Waals surface area (Å²) in [5, 5.41) is 5.44. The van der Waals surface area contributed by atoms with E-state index < -0.39 is 6.29 Å². The fraction of sp³-hybridized carbons (Fsp3) is 0.375. The van der Waals surface area contributed by atoms with Crippen LogP contribution >= 0.6 is 0 Å². The van der Waals surface area contributed by atoms with Gasteiger partial charge in [0.1, 0.15) is 12.4 Å². The molecule has 8 heteroatoms. The minimum absolute atomic E-state index is 0.0603. The van der Waals surface area contributed by atoms with Crippen LogP contribution in [0.1, 0.15) is 48.0 Å². The van der Waals surface area contributed by atoms with E-state index in [1.807, 2.05) is 72.6 Å². The molecule has 2 heterocycles. The normalized spacial score (nSPS) is 18.3. The van der Waals surface area contributed by atoms with Gasteiger partial charge in [-0.3, -0.25) is 9.59 Å². The van der Waals surface area contributed by atoms with Gasteiger partial charge in [-0.05, 0) is 74.0 Å². The SMILES string of the molecule is CN(C(=O)/C(=C/c1ccc(C(=O)NOC2CCCCO2)cc1)COc1cccc2ccccc12)C1CCNCC1. The summed E-state index contributed by atoms with van der Waals surface area (Å²) < 4.78 is 11.7. The zero-order valence-electron chi connectivity index (χ0n) is 22.9. The van der Waals surface area contributed by atoms with Crippen LogP contribution in [-0.4, -0.2) is 62.4 Å². The van der Waals surface area contributed by atoms with Crippen molar-refractivity contribution in [1.82, 2.24) is 15.7 Å². The number of fused-ring (bicyclic) bond motifs is 1. The van der Waals surface area contributed by atoms with Crippen LogP contribution in [-0.2, 0) is 14.4 Å². The lowest BCUT2D eigenvalue weighted by Gasteiger charge is -2.32. The first-order valence-corrected chi connectivity index (χ1v) is 14.0. The highest BCUT2D eigenvalue weighted by molar-refractivity contribution is 5.99. The Morgan fingerprint density at radius 3 is 2.55 bits per heavy atom. The largest absolute Gasteiger partial charge is 0.488 e. The minimum Gasteiger partial charge on any atom is -0.488 e. The van der Waals surface area contributed by atoms with Crippen molar-refractivity contribution in [2.45, 2.75) is 44.4 Å². The van der Waals surface area contributed by atoms with E-state index in [0.717, 1.165) is 67.3 Å². The van der Waals surface area contributed by atoms with Gasteiger partial charge in [0.05, 0.1) is 5.57 Å². The molecule has 0 aromatic heterocycles. The van der Waals surface area contributed by atoms with E-state index in [1.165, 1.54) is 0 Å². The van der Waals surface area contributed by atoms with Crippen molar-refractivity contribution in [3.63, 3.8) is 0 Å².